The van der Waals surface area contributed by atoms with E-state index in [4.69, 9.17) is 4.98 Å². The molecule has 1 unspecified atom stereocenters. The van der Waals surface area contributed by atoms with Crippen molar-refractivity contribution < 1.29 is 9.90 Å². The largest absolute Gasteiger partial charge is 0.392 e. The third-order valence-electron chi connectivity index (χ3n) is 4.32. The highest BCUT2D eigenvalue weighted by Gasteiger charge is 2.31. The number of hydrogen-bond acceptors (Lipinski definition) is 3. The van der Waals surface area contributed by atoms with Crippen LogP contribution in [0.15, 0.2) is 24.3 Å². The molecule has 1 amide bonds. The third kappa shape index (κ3) is 3.39. The zero-order chi connectivity index (χ0) is 16.6. The van der Waals surface area contributed by atoms with Gasteiger partial charge in [0.05, 0.1) is 17.1 Å². The lowest BCUT2D eigenvalue weighted by Crippen LogP contribution is -2.43. The fraction of sp³-hybridized carbons (Fsp3) is 0.556. The minimum Gasteiger partial charge on any atom is -0.392 e. The van der Waals surface area contributed by atoms with E-state index in [0.717, 1.165) is 29.7 Å². The number of nitrogens with zero attached hydrogens (tertiary/aromatic N) is 3. The second-order valence-corrected chi connectivity index (χ2v) is 6.81. The standard InChI is InChI=1S/C18H25N3O2/c1-12(2)20(10-13(3)22)17(23)11-21-16-7-5-4-6-15(16)19-18(21)14-8-9-14/h4-7,12-14,22H,8-11H2,1-3H3. The predicted octanol–water partition coefficient (Wildman–Crippen LogP) is 2.53. The molecule has 0 aliphatic heterocycles. The Morgan fingerprint density at radius 3 is 2.65 bits per heavy atom. The van der Waals surface area contributed by atoms with E-state index in [-0.39, 0.29) is 18.5 Å². The molecule has 5 nitrogen and oxygen atoms in total. The number of carbonyl (C=O) groups excluding carboxylic acids is 1. The number of amides is 1. The highest BCUT2D eigenvalue weighted by Crippen LogP contribution is 2.40. The van der Waals surface area contributed by atoms with Crippen molar-refractivity contribution in [1.82, 2.24) is 14.5 Å². The van der Waals surface area contributed by atoms with Gasteiger partial charge in [-0.3, -0.25) is 4.79 Å². The van der Waals surface area contributed by atoms with Gasteiger partial charge in [-0.25, -0.2) is 4.98 Å². The Morgan fingerprint density at radius 1 is 1.35 bits per heavy atom. The molecule has 124 valence electrons. The van der Waals surface area contributed by atoms with Gasteiger partial charge in [0, 0.05) is 18.5 Å². The van der Waals surface area contributed by atoms with E-state index in [9.17, 15) is 9.90 Å². The van der Waals surface area contributed by atoms with Crippen molar-refractivity contribution in [1.29, 1.82) is 0 Å². The molecule has 0 spiro atoms. The fourth-order valence-corrected chi connectivity index (χ4v) is 3.02. The maximum absolute atomic E-state index is 12.8. The Balaban J connectivity index is 1.90. The third-order valence-corrected chi connectivity index (χ3v) is 4.32. The fourth-order valence-electron chi connectivity index (χ4n) is 3.02. The summed E-state index contributed by atoms with van der Waals surface area (Å²) in [6.45, 7) is 6.33. The smallest absolute Gasteiger partial charge is 0.242 e. The molecule has 1 fully saturated rings. The number of aliphatic hydroxyl groups is 1. The molecule has 23 heavy (non-hydrogen) atoms. The summed E-state index contributed by atoms with van der Waals surface area (Å²) >= 11 is 0. The van der Waals surface area contributed by atoms with E-state index in [2.05, 4.69) is 4.57 Å². The first-order valence-corrected chi connectivity index (χ1v) is 8.40. The summed E-state index contributed by atoms with van der Waals surface area (Å²) in [6.07, 6.45) is 1.78. The number of aromatic nitrogens is 2. The Labute approximate surface area is 136 Å². The molecule has 1 saturated carbocycles. The highest BCUT2D eigenvalue weighted by atomic mass is 16.3. The molecule has 0 radical (unpaired) electrons. The molecular formula is C18H25N3O2. The first kappa shape index (κ1) is 16.0. The highest BCUT2D eigenvalue weighted by molar-refractivity contribution is 5.81. The number of imidazole rings is 1. The average molecular weight is 315 g/mol. The second kappa shape index (κ2) is 6.32. The van der Waals surface area contributed by atoms with Crippen LogP contribution in [-0.2, 0) is 11.3 Å². The molecule has 2 aromatic rings. The zero-order valence-electron chi connectivity index (χ0n) is 14.1. The number of rotatable bonds is 6. The van der Waals surface area contributed by atoms with Crippen LogP contribution in [0.1, 0.15) is 45.4 Å². The SMILES string of the molecule is CC(O)CN(C(=O)Cn1c(C2CC2)nc2ccccc21)C(C)C. The summed E-state index contributed by atoms with van der Waals surface area (Å²) in [5.74, 6) is 1.55. The number of benzene rings is 1. The van der Waals surface area contributed by atoms with Crippen LogP contribution in [0.3, 0.4) is 0 Å². The maximum Gasteiger partial charge on any atom is 0.242 e. The van der Waals surface area contributed by atoms with Crippen molar-refractivity contribution in [2.45, 2.75) is 58.2 Å². The first-order chi connectivity index (χ1) is 11.0. The number of para-hydroxylation sites is 2. The van der Waals surface area contributed by atoms with Gasteiger partial charge in [-0.1, -0.05) is 12.1 Å². The molecule has 1 aromatic heterocycles. The van der Waals surface area contributed by atoms with Gasteiger partial charge >= 0.3 is 0 Å². The summed E-state index contributed by atoms with van der Waals surface area (Å²) in [5, 5.41) is 9.66. The molecule has 1 atom stereocenters. The van der Waals surface area contributed by atoms with Gasteiger partial charge in [0.2, 0.25) is 5.91 Å². The summed E-state index contributed by atoms with van der Waals surface area (Å²) in [5.41, 5.74) is 1.97. The van der Waals surface area contributed by atoms with E-state index in [1.165, 1.54) is 0 Å². The van der Waals surface area contributed by atoms with Crippen LogP contribution in [0.25, 0.3) is 11.0 Å². The maximum atomic E-state index is 12.8. The van der Waals surface area contributed by atoms with Crippen molar-refractivity contribution in [2.75, 3.05) is 6.54 Å². The Morgan fingerprint density at radius 2 is 2.04 bits per heavy atom. The number of fused-ring (bicyclic) bond motifs is 1. The van der Waals surface area contributed by atoms with E-state index >= 15 is 0 Å². The minimum atomic E-state index is -0.524. The van der Waals surface area contributed by atoms with Crippen molar-refractivity contribution in [3.8, 4) is 0 Å². The topological polar surface area (TPSA) is 58.4 Å². The molecule has 1 heterocycles. The zero-order valence-corrected chi connectivity index (χ0v) is 14.1. The van der Waals surface area contributed by atoms with Crippen LogP contribution >= 0.6 is 0 Å². The van der Waals surface area contributed by atoms with Gasteiger partial charge in [0.25, 0.3) is 0 Å². The number of aliphatic hydroxyl groups excluding tert-OH is 1. The van der Waals surface area contributed by atoms with Crippen LogP contribution in [0.2, 0.25) is 0 Å². The lowest BCUT2D eigenvalue weighted by Gasteiger charge is -2.28. The summed E-state index contributed by atoms with van der Waals surface area (Å²) in [7, 11) is 0. The number of carbonyl (C=O) groups is 1. The van der Waals surface area contributed by atoms with Crippen molar-refractivity contribution >= 4 is 16.9 Å². The van der Waals surface area contributed by atoms with Crippen molar-refractivity contribution in [2.24, 2.45) is 0 Å². The second-order valence-electron chi connectivity index (χ2n) is 6.81. The molecule has 1 aliphatic carbocycles. The van der Waals surface area contributed by atoms with Crippen LogP contribution in [0.5, 0.6) is 0 Å². The average Bonchev–Trinajstić information content (AvgIpc) is 3.28. The summed E-state index contributed by atoms with van der Waals surface area (Å²) < 4.78 is 2.06. The van der Waals surface area contributed by atoms with Crippen LogP contribution in [0.4, 0.5) is 0 Å². The lowest BCUT2D eigenvalue weighted by molar-refractivity contribution is -0.134. The van der Waals surface area contributed by atoms with Crippen molar-refractivity contribution in [3.63, 3.8) is 0 Å². The lowest BCUT2D eigenvalue weighted by atomic mass is 10.2. The summed E-state index contributed by atoms with van der Waals surface area (Å²) in [6, 6.07) is 8.05. The molecule has 1 aliphatic rings. The van der Waals surface area contributed by atoms with Gasteiger partial charge < -0.3 is 14.6 Å². The van der Waals surface area contributed by atoms with Gasteiger partial charge in [-0.2, -0.15) is 0 Å². The Bertz CT molecular complexity index is 701. The van der Waals surface area contributed by atoms with Crippen LogP contribution in [0, 0.1) is 0 Å². The van der Waals surface area contributed by atoms with Gasteiger partial charge in [0.1, 0.15) is 12.4 Å². The van der Waals surface area contributed by atoms with E-state index in [0.29, 0.717) is 12.5 Å². The van der Waals surface area contributed by atoms with E-state index < -0.39 is 6.10 Å². The molecule has 1 N–H and O–H groups in total. The molecule has 5 heteroatoms. The van der Waals surface area contributed by atoms with Crippen LogP contribution < -0.4 is 0 Å². The molecular weight excluding hydrogens is 290 g/mol. The molecule has 3 rings (SSSR count). The normalized spacial score (nSPS) is 16.0. The Hall–Kier alpha value is -1.88. The summed E-state index contributed by atoms with van der Waals surface area (Å²) in [4.78, 5) is 19.3. The van der Waals surface area contributed by atoms with Crippen LogP contribution in [-0.4, -0.2) is 44.2 Å². The molecule has 0 saturated heterocycles. The predicted molar refractivity (Wildman–Crippen MR) is 90.2 cm³/mol. The molecule has 0 bridgehead atoms. The monoisotopic (exact) mass is 315 g/mol. The van der Waals surface area contributed by atoms with E-state index in [1.54, 1.807) is 11.8 Å². The minimum absolute atomic E-state index is 0.0333. The number of hydrogen-bond donors (Lipinski definition) is 1. The first-order valence-electron chi connectivity index (χ1n) is 8.40. The molecule has 1 aromatic carbocycles. The van der Waals surface area contributed by atoms with Gasteiger partial charge in [-0.05, 0) is 45.7 Å². The Kier molecular flexibility index (Phi) is 4.39. The van der Waals surface area contributed by atoms with Crippen molar-refractivity contribution in [3.05, 3.63) is 30.1 Å². The van der Waals surface area contributed by atoms with Gasteiger partial charge in [0.15, 0.2) is 0 Å². The quantitative estimate of drug-likeness (QED) is 0.891. The van der Waals surface area contributed by atoms with E-state index in [1.807, 2.05) is 38.1 Å². The van der Waals surface area contributed by atoms with Gasteiger partial charge in [-0.15, -0.1) is 0 Å².